The molecular weight excluding hydrogens is 338 g/mol. The van der Waals surface area contributed by atoms with Gasteiger partial charge in [0.05, 0.1) is 9.56 Å². The summed E-state index contributed by atoms with van der Waals surface area (Å²) < 4.78 is 0.736. The molecular formula is C6H5AgBrNO4. The van der Waals surface area contributed by atoms with E-state index in [-0.39, 0.29) is 28.1 Å². The second-order valence-electron chi connectivity index (χ2n) is 1.68. The summed E-state index contributed by atoms with van der Waals surface area (Å²) >= 11 is 3.15. The van der Waals surface area contributed by atoms with Gasteiger partial charge in [0, 0.05) is 0 Å². The monoisotopic (exact) mass is 341 g/mol. The van der Waals surface area contributed by atoms with Crippen molar-refractivity contribution in [1.82, 2.24) is 0 Å². The molecule has 0 aliphatic rings. The van der Waals surface area contributed by atoms with E-state index >= 15 is 0 Å². The maximum absolute atomic E-state index is 8.87. The topological polar surface area (TPSA) is 86.4 Å². The molecule has 0 saturated heterocycles. The van der Waals surface area contributed by atoms with Crippen LogP contribution in [0.3, 0.4) is 0 Å². The molecule has 0 aliphatic carbocycles. The maximum atomic E-state index is 8.87. The molecule has 0 aromatic heterocycles. The molecule has 0 atom stereocenters. The van der Waals surface area contributed by atoms with Crippen molar-refractivity contribution < 1.29 is 32.6 Å². The number of rotatable bonds is 0. The second kappa shape index (κ2) is 8.06. The predicted octanol–water partition coefficient (Wildman–Crippen LogP) is 1.91. The Balaban J connectivity index is 0. The van der Waals surface area contributed by atoms with Gasteiger partial charge in [0.2, 0.25) is 0 Å². The van der Waals surface area contributed by atoms with Gasteiger partial charge in [-0.3, -0.25) is 0 Å². The molecule has 0 saturated carbocycles. The van der Waals surface area contributed by atoms with Gasteiger partial charge >= 0.3 is 22.4 Å². The van der Waals surface area contributed by atoms with Crippen LogP contribution in [-0.2, 0) is 22.4 Å². The number of halogens is 1. The Morgan fingerprint density at radius 2 is 1.69 bits per heavy atom. The van der Waals surface area contributed by atoms with Gasteiger partial charge in [-0.25, -0.2) is 0 Å². The molecule has 0 fully saturated rings. The Morgan fingerprint density at radius 3 is 1.92 bits per heavy atom. The summed E-state index contributed by atoms with van der Waals surface area (Å²) in [5.74, 6) is 0.285. The number of nitrogens with zero attached hydrogens (tertiary/aromatic N) is 1. The Hall–Kier alpha value is -0.560. The summed E-state index contributed by atoms with van der Waals surface area (Å²) in [7, 11) is 0. The zero-order chi connectivity index (χ0) is 9.56. The zero-order valence-corrected chi connectivity index (χ0v) is 9.18. The quantitative estimate of drug-likeness (QED) is 0.443. The molecule has 1 aromatic rings. The van der Waals surface area contributed by atoms with Crippen molar-refractivity contribution in [2.75, 3.05) is 0 Å². The average Bonchev–Trinajstić information content (AvgIpc) is 1.94. The van der Waals surface area contributed by atoms with Crippen LogP contribution in [-0.4, -0.2) is 10.2 Å². The first kappa shape index (κ1) is 14.9. The molecule has 13 heavy (non-hydrogen) atoms. The molecule has 0 radical (unpaired) electrons. The van der Waals surface area contributed by atoms with E-state index in [2.05, 4.69) is 15.9 Å². The Kier molecular flexibility index (Phi) is 9.26. The molecule has 0 amide bonds. The van der Waals surface area contributed by atoms with Gasteiger partial charge in [0.15, 0.2) is 0 Å². The van der Waals surface area contributed by atoms with Crippen molar-refractivity contribution in [1.29, 1.82) is 0 Å². The van der Waals surface area contributed by atoms with Gasteiger partial charge in [-0.1, -0.05) is 12.1 Å². The smallest absolute Gasteiger partial charge is 0.507 e. The SMILES string of the molecule is O=[N+]([O-])[O-].Oc1ccccc1Br.[Ag+]. The van der Waals surface area contributed by atoms with Crippen molar-refractivity contribution in [2.45, 2.75) is 0 Å². The van der Waals surface area contributed by atoms with Crippen LogP contribution in [0.5, 0.6) is 5.75 Å². The van der Waals surface area contributed by atoms with E-state index in [4.69, 9.17) is 20.4 Å². The number of hydrogen-bond donors (Lipinski definition) is 1. The van der Waals surface area contributed by atoms with Crippen LogP contribution in [0.25, 0.3) is 0 Å². The molecule has 5 nitrogen and oxygen atoms in total. The summed E-state index contributed by atoms with van der Waals surface area (Å²) in [6, 6.07) is 7.04. The third kappa shape index (κ3) is 9.35. The molecule has 0 aliphatic heterocycles. The average molecular weight is 343 g/mol. The first-order valence-electron chi connectivity index (χ1n) is 2.79. The van der Waals surface area contributed by atoms with Crippen molar-refractivity contribution in [2.24, 2.45) is 0 Å². The van der Waals surface area contributed by atoms with Crippen LogP contribution >= 0.6 is 15.9 Å². The molecule has 1 rings (SSSR count). The summed E-state index contributed by atoms with van der Waals surface area (Å²) in [6.07, 6.45) is 0. The van der Waals surface area contributed by atoms with Crippen molar-refractivity contribution in [3.8, 4) is 5.75 Å². The molecule has 1 N–H and O–H groups in total. The third-order valence-electron chi connectivity index (χ3n) is 0.852. The van der Waals surface area contributed by atoms with E-state index in [1.807, 2.05) is 6.07 Å². The predicted molar refractivity (Wildman–Crippen MR) is 46.2 cm³/mol. The van der Waals surface area contributed by atoms with E-state index in [0.717, 1.165) is 4.47 Å². The third-order valence-corrected chi connectivity index (χ3v) is 1.52. The van der Waals surface area contributed by atoms with Crippen LogP contribution in [0.15, 0.2) is 28.7 Å². The van der Waals surface area contributed by atoms with Crippen molar-refractivity contribution >= 4 is 15.9 Å². The summed E-state index contributed by atoms with van der Waals surface area (Å²) in [5, 5.41) is 23.6. The van der Waals surface area contributed by atoms with Crippen LogP contribution in [0.1, 0.15) is 0 Å². The zero-order valence-electron chi connectivity index (χ0n) is 6.11. The van der Waals surface area contributed by atoms with Crippen molar-refractivity contribution in [3.05, 3.63) is 44.1 Å². The number of aromatic hydroxyl groups is 1. The fraction of sp³-hybridized carbons (Fsp3) is 0. The molecule has 7 heteroatoms. The number of para-hydroxylation sites is 1. The maximum Gasteiger partial charge on any atom is 1.00 e. The largest absolute Gasteiger partial charge is 1.00 e. The number of phenols is 1. The van der Waals surface area contributed by atoms with Crippen molar-refractivity contribution in [3.63, 3.8) is 0 Å². The molecule has 0 bridgehead atoms. The number of benzene rings is 1. The van der Waals surface area contributed by atoms with Gasteiger partial charge in [0.1, 0.15) is 5.75 Å². The fourth-order valence-corrected chi connectivity index (χ4v) is 0.737. The van der Waals surface area contributed by atoms with Crippen LogP contribution in [0.4, 0.5) is 0 Å². The second-order valence-corrected chi connectivity index (χ2v) is 2.53. The van der Waals surface area contributed by atoms with E-state index < -0.39 is 5.09 Å². The van der Waals surface area contributed by atoms with Gasteiger partial charge in [0.25, 0.3) is 0 Å². The normalized spacial score (nSPS) is 7.46. The Morgan fingerprint density at radius 1 is 1.31 bits per heavy atom. The Bertz CT molecular complexity index is 246. The van der Waals surface area contributed by atoms with E-state index in [1.54, 1.807) is 18.2 Å². The molecule has 0 spiro atoms. The minimum absolute atomic E-state index is 0. The van der Waals surface area contributed by atoms with Crippen LogP contribution in [0, 0.1) is 15.3 Å². The molecule has 0 heterocycles. The number of hydrogen-bond acceptors (Lipinski definition) is 4. The van der Waals surface area contributed by atoms with E-state index in [1.165, 1.54) is 0 Å². The van der Waals surface area contributed by atoms with Gasteiger partial charge in [-0.2, -0.15) is 0 Å². The minimum Gasteiger partial charge on any atom is -0.507 e. The van der Waals surface area contributed by atoms with E-state index in [0.29, 0.717) is 0 Å². The first-order valence-corrected chi connectivity index (χ1v) is 3.58. The summed E-state index contributed by atoms with van der Waals surface area (Å²) in [5.41, 5.74) is 0. The molecule has 0 unspecified atom stereocenters. The first-order chi connectivity index (χ1) is 5.54. The van der Waals surface area contributed by atoms with Crippen LogP contribution < -0.4 is 0 Å². The van der Waals surface area contributed by atoms with Gasteiger partial charge in [-0.05, 0) is 28.1 Å². The molecule has 76 valence electrons. The van der Waals surface area contributed by atoms with E-state index in [9.17, 15) is 0 Å². The van der Waals surface area contributed by atoms with Gasteiger partial charge < -0.3 is 20.4 Å². The van der Waals surface area contributed by atoms with Crippen LogP contribution in [0.2, 0.25) is 0 Å². The Labute approximate surface area is 98.1 Å². The molecule has 1 aromatic carbocycles. The minimum atomic E-state index is -1.75. The summed E-state index contributed by atoms with van der Waals surface area (Å²) in [4.78, 5) is 8.25. The number of phenolic OH excluding ortho intramolecular Hbond substituents is 1. The summed E-state index contributed by atoms with van der Waals surface area (Å²) in [6.45, 7) is 0. The fourth-order valence-electron chi connectivity index (χ4n) is 0.452. The van der Waals surface area contributed by atoms with Gasteiger partial charge in [-0.15, -0.1) is 0 Å². The standard InChI is InChI=1S/C6H5BrO.Ag.NO3/c7-5-3-1-2-4-6(5)8;;2-1(3)4/h1-4,8H;;/q;+1;-1.